The van der Waals surface area contributed by atoms with Gasteiger partial charge in [0, 0.05) is 12.2 Å². The Balaban J connectivity index is 1.97. The van der Waals surface area contributed by atoms with E-state index in [-0.39, 0.29) is 0 Å². The highest BCUT2D eigenvalue weighted by molar-refractivity contribution is 6.68. The predicted molar refractivity (Wildman–Crippen MR) is 75.3 cm³/mol. The van der Waals surface area contributed by atoms with Gasteiger partial charge >= 0.3 is 0 Å². The number of carbonyl (C=O) groups excluding carboxylic acids is 1. The molecule has 2 nitrogen and oxygen atoms in total. The maximum atomic E-state index is 11.2. The molecule has 0 fully saturated rings. The first-order chi connectivity index (χ1) is 8.77. The molecular formula is C15H14ClNO. The van der Waals surface area contributed by atoms with E-state index < -0.39 is 5.24 Å². The summed E-state index contributed by atoms with van der Waals surface area (Å²) in [4.78, 5) is 11.2. The van der Waals surface area contributed by atoms with Crippen LogP contribution in [-0.2, 0) is 6.42 Å². The van der Waals surface area contributed by atoms with Crippen molar-refractivity contribution in [3.8, 4) is 0 Å². The van der Waals surface area contributed by atoms with Crippen LogP contribution < -0.4 is 5.32 Å². The molecule has 3 heteroatoms. The molecule has 0 aliphatic carbocycles. The summed E-state index contributed by atoms with van der Waals surface area (Å²) in [7, 11) is 0. The Labute approximate surface area is 112 Å². The SMILES string of the molecule is O=C(Cl)c1ccccc1NCCc1ccccc1. The lowest BCUT2D eigenvalue weighted by molar-refractivity contribution is 0.108. The van der Waals surface area contributed by atoms with E-state index in [0.29, 0.717) is 5.56 Å². The van der Waals surface area contributed by atoms with Crippen molar-refractivity contribution in [1.82, 2.24) is 0 Å². The predicted octanol–water partition coefficient (Wildman–Crippen LogP) is 3.72. The number of hydrogen-bond donors (Lipinski definition) is 1. The van der Waals surface area contributed by atoms with Crippen molar-refractivity contribution >= 4 is 22.5 Å². The number of rotatable bonds is 5. The zero-order valence-corrected chi connectivity index (χ0v) is 10.7. The van der Waals surface area contributed by atoms with Gasteiger partial charge in [-0.15, -0.1) is 0 Å². The van der Waals surface area contributed by atoms with Crippen LogP contribution in [0.3, 0.4) is 0 Å². The largest absolute Gasteiger partial charge is 0.384 e. The minimum atomic E-state index is -0.433. The molecule has 0 aliphatic heterocycles. The molecule has 0 unspecified atom stereocenters. The summed E-state index contributed by atoms with van der Waals surface area (Å²) < 4.78 is 0. The minimum Gasteiger partial charge on any atom is -0.384 e. The van der Waals surface area contributed by atoms with Crippen molar-refractivity contribution in [3.05, 3.63) is 65.7 Å². The second-order valence-electron chi connectivity index (χ2n) is 3.98. The molecule has 0 aliphatic rings. The van der Waals surface area contributed by atoms with E-state index in [1.807, 2.05) is 30.3 Å². The van der Waals surface area contributed by atoms with Crippen molar-refractivity contribution in [2.24, 2.45) is 0 Å². The summed E-state index contributed by atoms with van der Waals surface area (Å²) in [5.74, 6) is 0. The van der Waals surface area contributed by atoms with Crippen LogP contribution in [0.25, 0.3) is 0 Å². The van der Waals surface area contributed by atoms with Crippen molar-refractivity contribution in [2.75, 3.05) is 11.9 Å². The molecule has 0 aromatic heterocycles. The Bertz CT molecular complexity index is 525. The van der Waals surface area contributed by atoms with E-state index in [2.05, 4.69) is 17.4 Å². The lowest BCUT2D eigenvalue weighted by Crippen LogP contribution is -2.07. The zero-order chi connectivity index (χ0) is 12.8. The molecule has 0 bridgehead atoms. The van der Waals surface area contributed by atoms with Gasteiger partial charge in [-0.25, -0.2) is 0 Å². The molecule has 0 saturated heterocycles. The second kappa shape index (κ2) is 6.22. The van der Waals surface area contributed by atoms with Gasteiger partial charge in [0.1, 0.15) is 0 Å². The normalized spacial score (nSPS) is 10.1. The molecule has 0 heterocycles. The molecule has 0 atom stereocenters. The summed E-state index contributed by atoms with van der Waals surface area (Å²) in [6, 6.07) is 17.5. The fraction of sp³-hybridized carbons (Fsp3) is 0.133. The van der Waals surface area contributed by atoms with E-state index >= 15 is 0 Å². The summed E-state index contributed by atoms with van der Waals surface area (Å²) in [5.41, 5.74) is 2.57. The van der Waals surface area contributed by atoms with Crippen LogP contribution in [0.5, 0.6) is 0 Å². The fourth-order valence-corrected chi connectivity index (χ4v) is 1.96. The van der Waals surface area contributed by atoms with E-state index in [0.717, 1.165) is 18.7 Å². The Morgan fingerprint density at radius 2 is 1.67 bits per heavy atom. The van der Waals surface area contributed by atoms with E-state index in [1.165, 1.54) is 5.56 Å². The van der Waals surface area contributed by atoms with Gasteiger partial charge in [0.15, 0.2) is 0 Å². The summed E-state index contributed by atoms with van der Waals surface area (Å²) in [6.45, 7) is 0.769. The molecule has 0 amide bonds. The van der Waals surface area contributed by atoms with Gasteiger partial charge in [-0.05, 0) is 35.7 Å². The molecule has 2 rings (SSSR count). The number of nitrogens with one attached hydrogen (secondary N) is 1. The Morgan fingerprint density at radius 1 is 1.00 bits per heavy atom. The number of para-hydroxylation sites is 1. The van der Waals surface area contributed by atoms with Crippen LogP contribution >= 0.6 is 11.6 Å². The van der Waals surface area contributed by atoms with Gasteiger partial charge in [0.2, 0.25) is 0 Å². The number of hydrogen-bond acceptors (Lipinski definition) is 2. The first-order valence-electron chi connectivity index (χ1n) is 5.84. The maximum absolute atomic E-state index is 11.2. The van der Waals surface area contributed by atoms with Crippen molar-refractivity contribution in [1.29, 1.82) is 0 Å². The average Bonchev–Trinajstić information content (AvgIpc) is 2.40. The molecule has 92 valence electrons. The molecule has 18 heavy (non-hydrogen) atoms. The standard InChI is InChI=1S/C15H14ClNO/c16-15(18)13-8-4-5-9-14(13)17-11-10-12-6-2-1-3-7-12/h1-9,17H,10-11H2. The van der Waals surface area contributed by atoms with Gasteiger partial charge < -0.3 is 5.32 Å². The Morgan fingerprint density at radius 3 is 2.39 bits per heavy atom. The lowest BCUT2D eigenvalue weighted by Gasteiger charge is -2.09. The molecule has 0 saturated carbocycles. The quantitative estimate of drug-likeness (QED) is 0.829. The second-order valence-corrected chi connectivity index (χ2v) is 4.32. The highest BCUT2D eigenvalue weighted by Gasteiger charge is 2.06. The van der Waals surface area contributed by atoms with Crippen LogP contribution in [0.15, 0.2) is 54.6 Å². The Kier molecular flexibility index (Phi) is 4.37. The molecule has 1 N–H and O–H groups in total. The summed E-state index contributed by atoms with van der Waals surface area (Å²) >= 11 is 5.53. The summed E-state index contributed by atoms with van der Waals surface area (Å²) in [5, 5.41) is 2.81. The third kappa shape index (κ3) is 3.34. The molecular weight excluding hydrogens is 246 g/mol. The van der Waals surface area contributed by atoms with E-state index in [1.54, 1.807) is 12.1 Å². The van der Waals surface area contributed by atoms with Gasteiger partial charge in [0.25, 0.3) is 5.24 Å². The number of carbonyl (C=O) groups is 1. The topological polar surface area (TPSA) is 29.1 Å². The lowest BCUT2D eigenvalue weighted by atomic mass is 10.1. The average molecular weight is 260 g/mol. The molecule has 0 spiro atoms. The van der Waals surface area contributed by atoms with Crippen LogP contribution in [0, 0.1) is 0 Å². The zero-order valence-electron chi connectivity index (χ0n) is 9.90. The van der Waals surface area contributed by atoms with Gasteiger partial charge in [-0.3, -0.25) is 4.79 Å². The van der Waals surface area contributed by atoms with Gasteiger partial charge in [-0.1, -0.05) is 42.5 Å². The van der Waals surface area contributed by atoms with Crippen LogP contribution in [0.2, 0.25) is 0 Å². The molecule has 2 aromatic carbocycles. The fourth-order valence-electron chi connectivity index (χ4n) is 1.79. The molecule has 2 aromatic rings. The monoisotopic (exact) mass is 259 g/mol. The van der Waals surface area contributed by atoms with Crippen LogP contribution in [-0.4, -0.2) is 11.8 Å². The first-order valence-corrected chi connectivity index (χ1v) is 6.22. The van der Waals surface area contributed by atoms with Crippen LogP contribution in [0.1, 0.15) is 15.9 Å². The first kappa shape index (κ1) is 12.7. The number of halogens is 1. The summed E-state index contributed by atoms with van der Waals surface area (Å²) in [6.07, 6.45) is 0.908. The van der Waals surface area contributed by atoms with Crippen molar-refractivity contribution in [3.63, 3.8) is 0 Å². The van der Waals surface area contributed by atoms with Crippen molar-refractivity contribution < 1.29 is 4.79 Å². The smallest absolute Gasteiger partial charge is 0.254 e. The minimum absolute atomic E-state index is 0.433. The van der Waals surface area contributed by atoms with Crippen LogP contribution in [0.4, 0.5) is 5.69 Å². The van der Waals surface area contributed by atoms with Crippen molar-refractivity contribution in [2.45, 2.75) is 6.42 Å². The van der Waals surface area contributed by atoms with E-state index in [4.69, 9.17) is 11.6 Å². The third-order valence-corrected chi connectivity index (χ3v) is 2.91. The third-order valence-electron chi connectivity index (χ3n) is 2.71. The number of anilines is 1. The van der Waals surface area contributed by atoms with E-state index in [9.17, 15) is 4.79 Å². The maximum Gasteiger partial charge on any atom is 0.254 e. The number of benzene rings is 2. The highest BCUT2D eigenvalue weighted by atomic mass is 35.5. The molecule has 0 radical (unpaired) electrons. The Hall–Kier alpha value is -1.80. The van der Waals surface area contributed by atoms with Gasteiger partial charge in [-0.2, -0.15) is 0 Å². The van der Waals surface area contributed by atoms with Gasteiger partial charge in [0.05, 0.1) is 5.56 Å². The highest BCUT2D eigenvalue weighted by Crippen LogP contribution is 2.17.